The normalized spacial score (nSPS) is 14.4. The molecule has 0 saturated heterocycles. The Hall–Kier alpha value is -1.20. The summed E-state index contributed by atoms with van der Waals surface area (Å²) < 4.78 is 15.9. The van der Waals surface area contributed by atoms with Crippen LogP contribution in [0.2, 0.25) is 0 Å². The molecule has 0 aliphatic carbocycles. The molecule has 2 atom stereocenters. The molecule has 0 bridgehead atoms. The zero-order valence-electron chi connectivity index (χ0n) is 11.2. The Morgan fingerprint density at radius 1 is 1.26 bits per heavy atom. The van der Waals surface area contributed by atoms with E-state index in [0.717, 1.165) is 21.4 Å². The fraction of sp³-hybridized carbons (Fsp3) is 0.357. The van der Waals surface area contributed by atoms with Crippen molar-refractivity contribution in [1.82, 2.24) is 9.78 Å². The summed E-state index contributed by atoms with van der Waals surface area (Å²) in [6.45, 7) is 5.86. The van der Waals surface area contributed by atoms with E-state index in [0.29, 0.717) is 0 Å². The van der Waals surface area contributed by atoms with Crippen LogP contribution in [0.15, 0.2) is 28.7 Å². The molecule has 2 N–H and O–H groups in total. The first-order chi connectivity index (χ1) is 8.91. The Morgan fingerprint density at radius 2 is 1.84 bits per heavy atom. The van der Waals surface area contributed by atoms with Crippen LogP contribution in [-0.4, -0.2) is 15.8 Å². The first-order valence-corrected chi connectivity index (χ1v) is 6.93. The van der Waals surface area contributed by atoms with E-state index in [2.05, 4.69) is 21.0 Å². The number of benzene rings is 1. The molecule has 0 radical (unpaired) electrons. The number of nitrogens with two attached hydrogens (primary N) is 1. The zero-order valence-corrected chi connectivity index (χ0v) is 12.8. The minimum atomic E-state index is -0.248. The smallest absolute Gasteiger partial charge is 0.123 e. The lowest BCUT2D eigenvalue weighted by Gasteiger charge is -2.23. The third kappa shape index (κ3) is 2.72. The molecule has 0 spiro atoms. The maximum Gasteiger partial charge on any atom is 0.123 e. The summed E-state index contributed by atoms with van der Waals surface area (Å²) in [5.74, 6) is -0.248. The molecule has 102 valence electrons. The highest BCUT2D eigenvalue weighted by molar-refractivity contribution is 9.10. The Bertz CT molecular complexity index is 575. The average molecular weight is 326 g/mol. The molecule has 0 fully saturated rings. The van der Waals surface area contributed by atoms with Crippen LogP contribution in [0.3, 0.4) is 0 Å². The van der Waals surface area contributed by atoms with Gasteiger partial charge in [0.1, 0.15) is 5.82 Å². The number of hydrogen-bond acceptors (Lipinski definition) is 2. The third-order valence-corrected chi connectivity index (χ3v) is 4.36. The van der Waals surface area contributed by atoms with Crippen molar-refractivity contribution in [2.24, 2.45) is 5.73 Å². The minimum Gasteiger partial charge on any atom is -0.326 e. The lowest BCUT2D eigenvalue weighted by molar-refractivity contribution is 0.442. The second kappa shape index (κ2) is 5.43. The van der Waals surface area contributed by atoms with E-state index in [1.807, 2.05) is 25.5 Å². The summed E-state index contributed by atoms with van der Waals surface area (Å²) >= 11 is 3.52. The van der Waals surface area contributed by atoms with Crippen molar-refractivity contribution in [2.45, 2.75) is 32.9 Å². The zero-order chi connectivity index (χ0) is 14.2. The number of hydrogen-bond donors (Lipinski definition) is 1. The van der Waals surface area contributed by atoms with Gasteiger partial charge >= 0.3 is 0 Å². The molecule has 0 aliphatic rings. The topological polar surface area (TPSA) is 43.8 Å². The third-order valence-electron chi connectivity index (χ3n) is 3.21. The van der Waals surface area contributed by atoms with Gasteiger partial charge in [0.2, 0.25) is 0 Å². The molecule has 19 heavy (non-hydrogen) atoms. The van der Waals surface area contributed by atoms with Gasteiger partial charge in [0, 0.05) is 6.04 Å². The Kier molecular flexibility index (Phi) is 4.06. The van der Waals surface area contributed by atoms with Gasteiger partial charge in [-0.15, -0.1) is 0 Å². The Labute approximate surface area is 120 Å². The first kappa shape index (κ1) is 14.2. The van der Waals surface area contributed by atoms with Gasteiger partial charge in [0.25, 0.3) is 0 Å². The van der Waals surface area contributed by atoms with Gasteiger partial charge in [0.15, 0.2) is 0 Å². The fourth-order valence-corrected chi connectivity index (χ4v) is 2.50. The van der Waals surface area contributed by atoms with Gasteiger partial charge in [-0.3, -0.25) is 4.68 Å². The monoisotopic (exact) mass is 325 g/mol. The van der Waals surface area contributed by atoms with Crippen LogP contribution in [-0.2, 0) is 0 Å². The summed E-state index contributed by atoms with van der Waals surface area (Å²) in [6, 6.07) is 6.18. The summed E-state index contributed by atoms with van der Waals surface area (Å²) in [7, 11) is 0. The SMILES string of the molecule is Cc1nn(C(c2ccc(F)cc2)C(C)N)c(C)c1Br. The molecule has 2 unspecified atom stereocenters. The number of aryl methyl sites for hydroxylation is 1. The molecule has 2 rings (SSSR count). The van der Waals surface area contributed by atoms with Crippen molar-refractivity contribution >= 4 is 15.9 Å². The molecular formula is C14H17BrFN3. The molecule has 1 heterocycles. The Morgan fingerprint density at radius 3 is 2.26 bits per heavy atom. The van der Waals surface area contributed by atoms with Crippen LogP contribution in [0.5, 0.6) is 0 Å². The highest BCUT2D eigenvalue weighted by atomic mass is 79.9. The molecule has 3 nitrogen and oxygen atoms in total. The van der Waals surface area contributed by atoms with Crippen molar-refractivity contribution in [3.63, 3.8) is 0 Å². The molecule has 5 heteroatoms. The van der Waals surface area contributed by atoms with Crippen molar-refractivity contribution in [3.8, 4) is 0 Å². The molecule has 0 saturated carbocycles. The quantitative estimate of drug-likeness (QED) is 0.940. The van der Waals surface area contributed by atoms with Crippen LogP contribution < -0.4 is 5.73 Å². The second-order valence-electron chi connectivity index (χ2n) is 4.78. The van der Waals surface area contributed by atoms with Gasteiger partial charge < -0.3 is 5.73 Å². The van der Waals surface area contributed by atoms with Gasteiger partial charge in [0.05, 0.1) is 21.9 Å². The lowest BCUT2D eigenvalue weighted by Crippen LogP contribution is -2.31. The van der Waals surface area contributed by atoms with Gasteiger partial charge in [-0.1, -0.05) is 12.1 Å². The summed E-state index contributed by atoms with van der Waals surface area (Å²) in [5.41, 5.74) is 8.99. The minimum absolute atomic E-state index is 0.106. The van der Waals surface area contributed by atoms with Crippen molar-refractivity contribution in [1.29, 1.82) is 0 Å². The summed E-state index contributed by atoms with van der Waals surface area (Å²) in [5, 5.41) is 4.53. The fourth-order valence-electron chi connectivity index (χ4n) is 2.24. The van der Waals surface area contributed by atoms with Gasteiger partial charge in [-0.2, -0.15) is 5.10 Å². The van der Waals surface area contributed by atoms with Crippen LogP contribution in [0.1, 0.15) is 29.9 Å². The van der Waals surface area contributed by atoms with Gasteiger partial charge in [-0.05, 0) is 54.4 Å². The second-order valence-corrected chi connectivity index (χ2v) is 5.58. The van der Waals surface area contributed by atoms with Crippen molar-refractivity contribution in [2.75, 3.05) is 0 Å². The largest absolute Gasteiger partial charge is 0.326 e. The highest BCUT2D eigenvalue weighted by Gasteiger charge is 2.23. The Balaban J connectivity index is 2.51. The van der Waals surface area contributed by atoms with E-state index in [4.69, 9.17) is 5.73 Å². The van der Waals surface area contributed by atoms with E-state index in [1.165, 1.54) is 12.1 Å². The highest BCUT2D eigenvalue weighted by Crippen LogP contribution is 2.28. The van der Waals surface area contributed by atoms with Crippen molar-refractivity contribution < 1.29 is 4.39 Å². The van der Waals surface area contributed by atoms with E-state index in [1.54, 1.807) is 12.1 Å². The van der Waals surface area contributed by atoms with Crippen LogP contribution in [0, 0.1) is 19.7 Å². The van der Waals surface area contributed by atoms with E-state index in [-0.39, 0.29) is 17.9 Å². The standard InChI is InChI=1S/C14H17BrFN3/c1-8(17)14(11-4-6-12(16)7-5-11)19-10(3)13(15)9(2)18-19/h4-8,14H,17H2,1-3H3. The molecular weight excluding hydrogens is 309 g/mol. The van der Waals surface area contributed by atoms with Crippen LogP contribution in [0.25, 0.3) is 0 Å². The number of nitrogens with zero attached hydrogens (tertiary/aromatic N) is 2. The van der Waals surface area contributed by atoms with Crippen LogP contribution in [0.4, 0.5) is 4.39 Å². The van der Waals surface area contributed by atoms with Gasteiger partial charge in [-0.25, -0.2) is 4.39 Å². The molecule has 0 amide bonds. The average Bonchev–Trinajstić information content (AvgIpc) is 2.60. The molecule has 1 aromatic carbocycles. The molecule has 0 aliphatic heterocycles. The first-order valence-electron chi connectivity index (χ1n) is 6.14. The van der Waals surface area contributed by atoms with E-state index < -0.39 is 0 Å². The predicted molar refractivity (Wildman–Crippen MR) is 77.6 cm³/mol. The molecule has 1 aromatic heterocycles. The predicted octanol–water partition coefficient (Wildman–Crippen LogP) is 3.34. The van der Waals surface area contributed by atoms with Crippen LogP contribution >= 0.6 is 15.9 Å². The van der Waals surface area contributed by atoms with E-state index >= 15 is 0 Å². The maximum atomic E-state index is 13.0. The van der Waals surface area contributed by atoms with E-state index in [9.17, 15) is 4.39 Å². The number of halogens is 2. The number of aromatic nitrogens is 2. The lowest BCUT2D eigenvalue weighted by atomic mass is 10.0. The molecule has 2 aromatic rings. The number of rotatable bonds is 3. The maximum absolute atomic E-state index is 13.0. The summed E-state index contributed by atoms with van der Waals surface area (Å²) in [6.07, 6.45) is 0. The summed E-state index contributed by atoms with van der Waals surface area (Å²) in [4.78, 5) is 0. The van der Waals surface area contributed by atoms with Crippen molar-refractivity contribution in [3.05, 3.63) is 51.5 Å².